The molecule has 2 N–H and O–H groups in total. The molecule has 90 valence electrons. The third kappa shape index (κ3) is 3.88. The minimum absolute atomic E-state index is 0.0723. The summed E-state index contributed by atoms with van der Waals surface area (Å²) in [5, 5.41) is 0. The number of benzene rings is 1. The molecular formula is C13H14BrNO2. The van der Waals surface area contributed by atoms with Crippen LogP contribution < -0.4 is 10.5 Å². The van der Waals surface area contributed by atoms with Crippen LogP contribution in [0.5, 0.6) is 5.75 Å². The van der Waals surface area contributed by atoms with Crippen molar-refractivity contribution in [3.63, 3.8) is 0 Å². The number of rotatable bonds is 5. The predicted octanol–water partition coefficient (Wildman–Crippen LogP) is 1.92. The van der Waals surface area contributed by atoms with Crippen LogP contribution in [0, 0.1) is 12.3 Å². The average Bonchev–Trinajstić information content (AvgIpc) is 2.32. The smallest absolute Gasteiger partial charge is 0.154 e. The third-order valence-corrected chi connectivity index (χ3v) is 3.14. The molecule has 0 amide bonds. The van der Waals surface area contributed by atoms with E-state index in [1.807, 2.05) is 18.2 Å². The molecule has 1 aromatic rings. The largest absolute Gasteiger partial charge is 0.497 e. The summed E-state index contributed by atoms with van der Waals surface area (Å²) in [5.74, 6) is 3.03. The summed E-state index contributed by atoms with van der Waals surface area (Å²) in [6.07, 6.45) is 5.64. The van der Waals surface area contributed by atoms with E-state index in [1.54, 1.807) is 7.11 Å². The molecule has 0 aliphatic carbocycles. The molecule has 0 radical (unpaired) electrons. The number of Topliss-reactive ketones (excluding diaryl/α,β-unsaturated/α-hetero) is 1. The summed E-state index contributed by atoms with van der Waals surface area (Å²) < 4.78 is 5.96. The Morgan fingerprint density at radius 2 is 2.35 bits per heavy atom. The third-order valence-electron chi connectivity index (χ3n) is 2.37. The van der Waals surface area contributed by atoms with Crippen molar-refractivity contribution in [2.24, 2.45) is 5.73 Å². The van der Waals surface area contributed by atoms with Gasteiger partial charge in [-0.3, -0.25) is 4.79 Å². The Hall–Kier alpha value is -1.31. The zero-order valence-corrected chi connectivity index (χ0v) is 11.2. The summed E-state index contributed by atoms with van der Waals surface area (Å²) in [7, 11) is 1.58. The van der Waals surface area contributed by atoms with Crippen LogP contribution >= 0.6 is 15.9 Å². The van der Waals surface area contributed by atoms with E-state index in [-0.39, 0.29) is 18.6 Å². The molecule has 0 bridgehead atoms. The van der Waals surface area contributed by atoms with Gasteiger partial charge in [0.15, 0.2) is 5.78 Å². The van der Waals surface area contributed by atoms with E-state index in [0.29, 0.717) is 5.75 Å². The van der Waals surface area contributed by atoms with Crippen LogP contribution in [0.25, 0.3) is 0 Å². The molecule has 0 spiro atoms. The molecule has 0 saturated carbocycles. The molecule has 1 aromatic carbocycles. The summed E-state index contributed by atoms with van der Waals surface area (Å²) >= 11 is 3.39. The first-order valence-electron chi connectivity index (χ1n) is 5.12. The lowest BCUT2D eigenvalue weighted by Gasteiger charge is -2.09. The Morgan fingerprint density at radius 1 is 1.65 bits per heavy atom. The highest BCUT2D eigenvalue weighted by Crippen LogP contribution is 2.23. The molecule has 0 aromatic heterocycles. The number of methoxy groups -OCH3 is 1. The van der Waals surface area contributed by atoms with Crippen molar-refractivity contribution in [1.82, 2.24) is 0 Å². The van der Waals surface area contributed by atoms with Crippen LogP contribution in [0.2, 0.25) is 0 Å². The lowest BCUT2D eigenvalue weighted by molar-refractivity contribution is -0.119. The van der Waals surface area contributed by atoms with Gasteiger partial charge < -0.3 is 10.5 Å². The summed E-state index contributed by atoms with van der Waals surface area (Å²) in [6.45, 7) is 0. The van der Waals surface area contributed by atoms with E-state index >= 15 is 0 Å². The molecule has 0 aliphatic heterocycles. The maximum Gasteiger partial charge on any atom is 0.154 e. The lowest BCUT2D eigenvalue weighted by Crippen LogP contribution is -2.31. The standard InChI is InChI=1S/C13H14BrNO2/c1-3-4-12(15)13(16)8-9-7-10(17-2)5-6-11(9)14/h1,5-7,12H,4,8,15H2,2H3. The zero-order valence-electron chi connectivity index (χ0n) is 9.57. The maximum absolute atomic E-state index is 11.8. The van der Waals surface area contributed by atoms with Gasteiger partial charge in [-0.05, 0) is 23.8 Å². The van der Waals surface area contributed by atoms with Crippen LogP contribution in [-0.4, -0.2) is 18.9 Å². The second-order valence-corrected chi connectivity index (χ2v) is 4.47. The number of ether oxygens (including phenoxy) is 1. The van der Waals surface area contributed by atoms with Gasteiger partial charge in [-0.25, -0.2) is 0 Å². The number of terminal acetylenes is 1. The number of nitrogens with two attached hydrogens (primary N) is 1. The number of carbonyl (C=O) groups is 1. The van der Waals surface area contributed by atoms with Crippen molar-refractivity contribution in [3.8, 4) is 18.1 Å². The monoisotopic (exact) mass is 295 g/mol. The maximum atomic E-state index is 11.8. The number of hydrogen-bond acceptors (Lipinski definition) is 3. The van der Waals surface area contributed by atoms with Gasteiger partial charge in [0.2, 0.25) is 0 Å². The lowest BCUT2D eigenvalue weighted by atomic mass is 10.0. The highest BCUT2D eigenvalue weighted by molar-refractivity contribution is 9.10. The molecule has 3 nitrogen and oxygen atoms in total. The Balaban J connectivity index is 2.81. The van der Waals surface area contributed by atoms with Gasteiger partial charge in [0.25, 0.3) is 0 Å². The quantitative estimate of drug-likeness (QED) is 0.845. The molecule has 0 aliphatic rings. The topological polar surface area (TPSA) is 52.3 Å². The minimum Gasteiger partial charge on any atom is -0.497 e. The Labute approximate surface area is 109 Å². The van der Waals surface area contributed by atoms with Gasteiger partial charge in [-0.2, -0.15) is 0 Å². The SMILES string of the molecule is C#CCC(N)C(=O)Cc1cc(OC)ccc1Br. The Morgan fingerprint density at radius 3 is 2.94 bits per heavy atom. The highest BCUT2D eigenvalue weighted by atomic mass is 79.9. The van der Waals surface area contributed by atoms with E-state index in [9.17, 15) is 4.79 Å². The van der Waals surface area contributed by atoms with E-state index < -0.39 is 6.04 Å². The second kappa shape index (κ2) is 6.43. The van der Waals surface area contributed by atoms with Crippen LogP contribution in [0.15, 0.2) is 22.7 Å². The van der Waals surface area contributed by atoms with Crippen molar-refractivity contribution in [2.45, 2.75) is 18.9 Å². The zero-order chi connectivity index (χ0) is 12.8. The molecule has 0 saturated heterocycles. The first-order valence-corrected chi connectivity index (χ1v) is 5.92. The molecule has 1 atom stereocenters. The minimum atomic E-state index is -0.599. The number of carbonyl (C=O) groups excluding carboxylic acids is 1. The van der Waals surface area contributed by atoms with Gasteiger partial charge >= 0.3 is 0 Å². The first-order chi connectivity index (χ1) is 8.08. The van der Waals surface area contributed by atoms with E-state index in [0.717, 1.165) is 10.0 Å². The highest BCUT2D eigenvalue weighted by Gasteiger charge is 2.14. The van der Waals surface area contributed by atoms with Crippen molar-refractivity contribution >= 4 is 21.7 Å². The van der Waals surface area contributed by atoms with Crippen LogP contribution in [0.3, 0.4) is 0 Å². The van der Waals surface area contributed by atoms with Gasteiger partial charge in [-0.1, -0.05) is 15.9 Å². The average molecular weight is 296 g/mol. The van der Waals surface area contributed by atoms with E-state index in [2.05, 4.69) is 21.9 Å². The summed E-state index contributed by atoms with van der Waals surface area (Å²) in [4.78, 5) is 11.8. The summed E-state index contributed by atoms with van der Waals surface area (Å²) in [6, 6.07) is 4.87. The molecule has 17 heavy (non-hydrogen) atoms. The fraction of sp³-hybridized carbons (Fsp3) is 0.308. The van der Waals surface area contributed by atoms with Crippen molar-refractivity contribution in [2.75, 3.05) is 7.11 Å². The molecule has 0 fully saturated rings. The van der Waals surface area contributed by atoms with E-state index in [1.165, 1.54) is 0 Å². The molecule has 1 unspecified atom stereocenters. The fourth-order valence-electron chi connectivity index (χ4n) is 1.37. The Kier molecular flexibility index (Phi) is 5.20. The van der Waals surface area contributed by atoms with Crippen LogP contribution in [0.4, 0.5) is 0 Å². The number of ketones is 1. The van der Waals surface area contributed by atoms with Gasteiger partial charge in [0, 0.05) is 17.3 Å². The normalized spacial score (nSPS) is 11.6. The second-order valence-electron chi connectivity index (χ2n) is 3.62. The number of halogens is 1. The van der Waals surface area contributed by atoms with Crippen LogP contribution in [-0.2, 0) is 11.2 Å². The first kappa shape index (κ1) is 13.8. The van der Waals surface area contributed by atoms with Gasteiger partial charge in [0.05, 0.1) is 13.2 Å². The molecular weight excluding hydrogens is 282 g/mol. The van der Waals surface area contributed by atoms with Gasteiger partial charge in [0.1, 0.15) is 5.75 Å². The van der Waals surface area contributed by atoms with Crippen molar-refractivity contribution < 1.29 is 9.53 Å². The van der Waals surface area contributed by atoms with Crippen LogP contribution in [0.1, 0.15) is 12.0 Å². The van der Waals surface area contributed by atoms with Crippen molar-refractivity contribution in [3.05, 3.63) is 28.2 Å². The van der Waals surface area contributed by atoms with Crippen molar-refractivity contribution in [1.29, 1.82) is 0 Å². The summed E-state index contributed by atoms with van der Waals surface area (Å²) in [5.41, 5.74) is 6.51. The van der Waals surface area contributed by atoms with E-state index in [4.69, 9.17) is 16.9 Å². The molecule has 0 heterocycles. The number of hydrogen-bond donors (Lipinski definition) is 1. The molecule has 1 rings (SSSR count). The van der Waals surface area contributed by atoms with Gasteiger partial charge in [-0.15, -0.1) is 12.3 Å². The predicted molar refractivity (Wildman–Crippen MR) is 70.8 cm³/mol. The Bertz CT molecular complexity index is 451. The fourth-order valence-corrected chi connectivity index (χ4v) is 1.76. The molecule has 4 heteroatoms.